The monoisotopic (exact) mass is 545 g/mol. The Morgan fingerprint density at radius 3 is 1.62 bits per heavy atom. The van der Waals surface area contributed by atoms with Crippen LogP contribution in [0.3, 0.4) is 0 Å². The summed E-state index contributed by atoms with van der Waals surface area (Å²) in [6.07, 6.45) is -1.44. The minimum Gasteiger partial charge on any atom is -0.278 e. The van der Waals surface area contributed by atoms with E-state index < -0.39 is 11.9 Å². The average molecular weight is 546 g/mol. The Balaban J connectivity index is 1.73. The van der Waals surface area contributed by atoms with E-state index in [1.165, 1.54) is 6.20 Å². The Morgan fingerprint density at radius 1 is 0.675 bits per heavy atom. The van der Waals surface area contributed by atoms with Crippen LogP contribution in [0.5, 0.6) is 0 Å². The highest BCUT2D eigenvalue weighted by molar-refractivity contribution is 5.78. The van der Waals surface area contributed by atoms with Crippen LogP contribution in [0.15, 0.2) is 79.1 Å². The number of hydrogen-bond donors (Lipinski definition) is 0. The van der Waals surface area contributed by atoms with Crippen LogP contribution in [0.2, 0.25) is 0 Å². The average Bonchev–Trinajstić information content (AvgIpc) is 3.59. The lowest BCUT2D eigenvalue weighted by Gasteiger charge is -2.30. The summed E-state index contributed by atoms with van der Waals surface area (Å²) in [6, 6.07) is 20.0. The molecule has 0 radical (unpaired) electrons. The van der Waals surface area contributed by atoms with Crippen molar-refractivity contribution in [2.75, 3.05) is 4.90 Å². The highest BCUT2D eigenvalue weighted by Crippen LogP contribution is 2.42. The second kappa shape index (κ2) is 10.6. The summed E-state index contributed by atoms with van der Waals surface area (Å²) in [5.74, 6) is 2.33. The normalized spacial score (nSPS) is 11.9. The van der Waals surface area contributed by atoms with Gasteiger partial charge in [0, 0.05) is 12.4 Å². The van der Waals surface area contributed by atoms with Gasteiger partial charge in [-0.1, -0.05) is 58.0 Å². The zero-order valence-electron chi connectivity index (χ0n) is 22.9. The first-order valence-corrected chi connectivity index (χ1v) is 13.1. The molecule has 5 aromatic rings. The van der Waals surface area contributed by atoms with Crippen LogP contribution in [-0.4, -0.2) is 29.5 Å². The Labute approximate surface area is 230 Å². The Bertz CT molecular complexity index is 1610. The van der Waals surface area contributed by atoms with Crippen LogP contribution in [0.25, 0.3) is 11.6 Å². The van der Waals surface area contributed by atoms with Crippen LogP contribution >= 0.6 is 0 Å². The van der Waals surface area contributed by atoms with Crippen molar-refractivity contribution in [3.05, 3.63) is 102 Å². The van der Waals surface area contributed by atoms with Gasteiger partial charge in [0.1, 0.15) is 11.6 Å². The molecule has 0 amide bonds. The van der Waals surface area contributed by atoms with E-state index >= 15 is 0 Å². The number of anilines is 3. The summed E-state index contributed by atoms with van der Waals surface area (Å²) in [6.45, 7) is 10.4. The van der Waals surface area contributed by atoms with Gasteiger partial charge in [-0.2, -0.15) is 23.4 Å². The molecule has 5 rings (SSSR count). The molecule has 0 saturated heterocycles. The molecule has 0 N–H and O–H groups in total. The highest BCUT2D eigenvalue weighted by Gasteiger charge is 2.34. The summed E-state index contributed by atoms with van der Waals surface area (Å²) in [4.78, 5) is 11.7. The molecule has 0 unspecified atom stereocenters. The molecule has 0 aliphatic rings. The third-order valence-electron chi connectivity index (χ3n) is 6.54. The van der Waals surface area contributed by atoms with E-state index in [0.29, 0.717) is 17.5 Å². The minimum absolute atomic E-state index is 0.178. The predicted octanol–water partition coefficient (Wildman–Crippen LogP) is 7.89. The molecule has 0 aliphatic heterocycles. The first-order valence-electron chi connectivity index (χ1n) is 13.1. The SMILES string of the molecule is Cc1ccn(-c2cccc(N(c3cccc(-n4ccc(C(F)(F)F)n4)n3)c3c(C(C)C)cccc3C(C)C)n2)n1. The second-order valence-corrected chi connectivity index (χ2v) is 10.2. The van der Waals surface area contributed by atoms with Crippen LogP contribution in [0.1, 0.15) is 62.0 Å². The van der Waals surface area contributed by atoms with Gasteiger partial charge in [0.05, 0.1) is 11.4 Å². The molecular formula is C30H30F3N7. The first-order chi connectivity index (χ1) is 19.0. The molecule has 4 heterocycles. The smallest absolute Gasteiger partial charge is 0.278 e. The fraction of sp³-hybridized carbons (Fsp3) is 0.267. The minimum atomic E-state index is -4.55. The number of nitrogens with zero attached hydrogens (tertiary/aromatic N) is 7. The van der Waals surface area contributed by atoms with E-state index in [-0.39, 0.29) is 17.7 Å². The maximum atomic E-state index is 13.3. The Hall–Kier alpha value is -4.47. The maximum Gasteiger partial charge on any atom is 0.435 e. The lowest BCUT2D eigenvalue weighted by atomic mass is 9.91. The molecule has 10 heteroatoms. The number of halogens is 3. The van der Waals surface area contributed by atoms with E-state index in [4.69, 9.17) is 9.97 Å². The van der Waals surface area contributed by atoms with Crippen LogP contribution in [0.4, 0.5) is 30.5 Å². The van der Waals surface area contributed by atoms with Crippen molar-refractivity contribution in [1.29, 1.82) is 0 Å². The van der Waals surface area contributed by atoms with E-state index in [1.807, 2.05) is 48.4 Å². The van der Waals surface area contributed by atoms with Crippen molar-refractivity contribution in [3.8, 4) is 11.6 Å². The number of aromatic nitrogens is 6. The van der Waals surface area contributed by atoms with E-state index in [9.17, 15) is 13.2 Å². The molecule has 0 atom stereocenters. The Morgan fingerprint density at radius 2 is 1.18 bits per heavy atom. The summed E-state index contributed by atoms with van der Waals surface area (Å²) in [5, 5.41) is 8.24. The van der Waals surface area contributed by atoms with E-state index in [2.05, 4.69) is 56.1 Å². The molecule has 0 bridgehead atoms. The fourth-order valence-corrected chi connectivity index (χ4v) is 4.59. The lowest BCUT2D eigenvalue weighted by Crippen LogP contribution is -2.19. The molecule has 0 spiro atoms. The predicted molar refractivity (Wildman–Crippen MR) is 149 cm³/mol. The molecule has 0 fully saturated rings. The fourth-order valence-electron chi connectivity index (χ4n) is 4.59. The highest BCUT2D eigenvalue weighted by atomic mass is 19.4. The van der Waals surface area contributed by atoms with Crippen LogP contribution in [-0.2, 0) is 6.18 Å². The van der Waals surface area contributed by atoms with E-state index in [1.54, 1.807) is 16.8 Å². The van der Waals surface area contributed by atoms with Crippen LogP contribution in [0, 0.1) is 6.92 Å². The van der Waals surface area contributed by atoms with Gasteiger partial charge < -0.3 is 0 Å². The largest absolute Gasteiger partial charge is 0.435 e. The summed E-state index contributed by atoms with van der Waals surface area (Å²) >= 11 is 0. The van der Waals surface area contributed by atoms with Crippen molar-refractivity contribution < 1.29 is 13.2 Å². The first kappa shape index (κ1) is 27.1. The van der Waals surface area contributed by atoms with Crippen molar-refractivity contribution in [1.82, 2.24) is 29.5 Å². The standard InChI is InChI=1S/C30H30F3N7/c1-19(2)22-9-6-10-23(20(3)4)29(22)40(27-13-7-11-25(34-27)38-17-15-21(5)36-38)28-14-8-12-26(35-28)39-18-16-24(37-39)30(31,32)33/h6-20H,1-5H3. The van der Waals surface area contributed by atoms with Crippen molar-refractivity contribution in [2.45, 2.75) is 52.6 Å². The number of para-hydroxylation sites is 1. The van der Waals surface area contributed by atoms with Crippen molar-refractivity contribution in [2.24, 2.45) is 0 Å². The Kier molecular flexibility index (Phi) is 7.18. The number of hydrogen-bond acceptors (Lipinski definition) is 5. The lowest BCUT2D eigenvalue weighted by molar-refractivity contribution is -0.141. The summed E-state index contributed by atoms with van der Waals surface area (Å²) in [5.41, 5.74) is 3.02. The van der Waals surface area contributed by atoms with Gasteiger partial charge in [-0.15, -0.1) is 0 Å². The molecule has 7 nitrogen and oxygen atoms in total. The van der Waals surface area contributed by atoms with Gasteiger partial charge in [0.15, 0.2) is 17.3 Å². The van der Waals surface area contributed by atoms with Crippen molar-refractivity contribution in [3.63, 3.8) is 0 Å². The molecule has 0 aliphatic carbocycles. The van der Waals surface area contributed by atoms with E-state index in [0.717, 1.165) is 33.3 Å². The summed E-state index contributed by atoms with van der Waals surface area (Å²) < 4.78 is 42.6. The van der Waals surface area contributed by atoms with Gasteiger partial charge in [0.2, 0.25) is 0 Å². The second-order valence-electron chi connectivity index (χ2n) is 10.2. The molecule has 206 valence electrons. The number of benzene rings is 1. The van der Waals surface area contributed by atoms with Gasteiger partial charge in [-0.25, -0.2) is 19.3 Å². The zero-order chi connectivity index (χ0) is 28.6. The molecule has 4 aromatic heterocycles. The zero-order valence-corrected chi connectivity index (χ0v) is 22.9. The maximum absolute atomic E-state index is 13.3. The molecule has 40 heavy (non-hydrogen) atoms. The number of rotatable bonds is 7. The molecule has 0 saturated carbocycles. The number of pyridine rings is 2. The topological polar surface area (TPSA) is 64.7 Å². The third-order valence-corrected chi connectivity index (χ3v) is 6.54. The van der Waals surface area contributed by atoms with Gasteiger partial charge in [0.25, 0.3) is 0 Å². The molecular weight excluding hydrogens is 515 g/mol. The number of alkyl halides is 3. The number of aryl methyl sites for hydroxylation is 1. The van der Waals surface area contributed by atoms with Crippen molar-refractivity contribution >= 4 is 17.3 Å². The van der Waals surface area contributed by atoms with Crippen LogP contribution < -0.4 is 4.90 Å². The van der Waals surface area contributed by atoms with Gasteiger partial charge in [-0.05, 0) is 66.3 Å². The third kappa shape index (κ3) is 5.34. The quantitative estimate of drug-likeness (QED) is 0.208. The van der Waals surface area contributed by atoms with Gasteiger partial charge >= 0.3 is 6.18 Å². The molecule has 1 aromatic carbocycles. The van der Waals surface area contributed by atoms with Gasteiger partial charge in [-0.3, -0.25) is 4.90 Å². The summed E-state index contributed by atoms with van der Waals surface area (Å²) in [7, 11) is 0.